The summed E-state index contributed by atoms with van der Waals surface area (Å²) in [6.07, 6.45) is 1.63. The first-order chi connectivity index (χ1) is 13.6. The molecule has 0 bridgehead atoms. The van der Waals surface area contributed by atoms with Gasteiger partial charge in [0.25, 0.3) is 5.91 Å². The van der Waals surface area contributed by atoms with E-state index >= 15 is 0 Å². The van der Waals surface area contributed by atoms with Crippen LogP contribution in [0, 0.1) is 17.1 Å². The summed E-state index contributed by atoms with van der Waals surface area (Å²) in [5.74, 6) is -1.80. The normalized spacial score (nSPS) is 12.1. The van der Waals surface area contributed by atoms with Crippen LogP contribution in [0.15, 0.2) is 41.9 Å². The van der Waals surface area contributed by atoms with Crippen molar-refractivity contribution < 1.29 is 27.4 Å². The number of rotatable bonds is 8. The fraction of sp³-hybridized carbons (Fsp3) is 0.222. The average molecular weight is 422 g/mol. The first-order valence-electron chi connectivity index (χ1n) is 8.25. The van der Waals surface area contributed by atoms with Crippen LogP contribution < -0.4 is 15.2 Å². The van der Waals surface area contributed by atoms with Gasteiger partial charge in [-0.05, 0) is 18.2 Å². The second kappa shape index (κ2) is 8.87. The van der Waals surface area contributed by atoms with Crippen molar-refractivity contribution in [3.05, 3.63) is 54.1 Å². The van der Waals surface area contributed by atoms with Gasteiger partial charge in [0.1, 0.15) is 16.8 Å². The molecule has 1 aromatic heterocycles. The van der Waals surface area contributed by atoms with Crippen molar-refractivity contribution in [3.63, 3.8) is 0 Å². The number of carbonyl (C=O) groups is 1. The Hall–Kier alpha value is -3.20. The van der Waals surface area contributed by atoms with Gasteiger partial charge in [0, 0.05) is 25.4 Å². The number of sulfonamides is 1. The second-order valence-corrected chi connectivity index (χ2v) is 7.56. The number of hydrogen-bond donors (Lipinski definition) is 3. The summed E-state index contributed by atoms with van der Waals surface area (Å²) in [5, 5.41) is 26.1. The number of amides is 1. The van der Waals surface area contributed by atoms with Crippen LogP contribution in [0.4, 0.5) is 10.1 Å². The van der Waals surface area contributed by atoms with Gasteiger partial charge in [-0.15, -0.1) is 6.58 Å². The maximum atomic E-state index is 13.5. The van der Waals surface area contributed by atoms with E-state index in [4.69, 9.17) is 15.1 Å². The predicted octanol–water partition coefficient (Wildman–Crippen LogP) is 1.25. The monoisotopic (exact) mass is 422 g/mol. The molecule has 2 aromatic rings. The molecule has 29 heavy (non-hydrogen) atoms. The quantitative estimate of drug-likeness (QED) is 0.546. The van der Waals surface area contributed by atoms with E-state index in [1.54, 1.807) is 6.07 Å². The van der Waals surface area contributed by atoms with Gasteiger partial charge in [-0.1, -0.05) is 6.08 Å². The number of carbonyl (C=O) groups excluding carboxylic acids is 1. The summed E-state index contributed by atoms with van der Waals surface area (Å²) in [7, 11) is -2.80. The van der Waals surface area contributed by atoms with Gasteiger partial charge >= 0.3 is 0 Å². The number of aromatic nitrogens is 1. The molecule has 0 fully saturated rings. The van der Waals surface area contributed by atoms with E-state index in [1.807, 2.05) is 0 Å². The molecule has 0 aliphatic heterocycles. The van der Waals surface area contributed by atoms with Crippen LogP contribution in [0.2, 0.25) is 0 Å². The first-order valence-corrected chi connectivity index (χ1v) is 9.79. The van der Waals surface area contributed by atoms with Gasteiger partial charge < -0.3 is 19.7 Å². The molecule has 1 unspecified atom stereocenters. The number of nitrogens with one attached hydrogen (secondary N) is 1. The van der Waals surface area contributed by atoms with Crippen molar-refractivity contribution in [2.45, 2.75) is 17.4 Å². The molecule has 1 heterocycles. The fourth-order valence-electron chi connectivity index (χ4n) is 2.46. The maximum Gasteiger partial charge on any atom is 0.276 e. The van der Waals surface area contributed by atoms with E-state index in [0.29, 0.717) is 0 Å². The Morgan fingerprint density at radius 3 is 2.83 bits per heavy atom. The average Bonchev–Trinajstić information content (AvgIpc) is 2.99. The number of primary sulfonamides is 1. The number of nitrogens with two attached hydrogens (primary N) is 1. The zero-order chi connectivity index (χ0) is 21.8. The molecule has 154 valence electrons. The molecule has 0 saturated carbocycles. The summed E-state index contributed by atoms with van der Waals surface area (Å²) in [4.78, 5) is 12.3. The van der Waals surface area contributed by atoms with Crippen LogP contribution in [0.3, 0.4) is 0 Å². The molecule has 0 radical (unpaired) electrons. The molecular weight excluding hydrogens is 403 g/mol. The number of aryl methyl sites for hydroxylation is 1. The van der Waals surface area contributed by atoms with Gasteiger partial charge in [-0.3, -0.25) is 4.79 Å². The lowest BCUT2D eigenvalue weighted by molar-refractivity contribution is 0.101. The van der Waals surface area contributed by atoms with Crippen LogP contribution in [0.1, 0.15) is 22.5 Å². The Labute approximate surface area is 166 Å². The van der Waals surface area contributed by atoms with Crippen molar-refractivity contribution in [2.75, 3.05) is 11.9 Å². The van der Waals surface area contributed by atoms with Crippen molar-refractivity contribution in [1.82, 2.24) is 4.57 Å². The van der Waals surface area contributed by atoms with E-state index in [1.165, 1.54) is 23.8 Å². The van der Waals surface area contributed by atoms with Crippen LogP contribution in [-0.2, 0) is 17.1 Å². The van der Waals surface area contributed by atoms with Gasteiger partial charge in [0.05, 0.1) is 18.3 Å². The molecule has 0 aliphatic rings. The van der Waals surface area contributed by atoms with Gasteiger partial charge in [-0.2, -0.15) is 5.26 Å². The lowest BCUT2D eigenvalue weighted by atomic mass is 10.2. The lowest BCUT2D eigenvalue weighted by Crippen LogP contribution is -2.19. The number of benzene rings is 1. The van der Waals surface area contributed by atoms with Crippen molar-refractivity contribution >= 4 is 21.6 Å². The smallest absolute Gasteiger partial charge is 0.276 e. The third-order valence-electron chi connectivity index (χ3n) is 3.90. The van der Waals surface area contributed by atoms with Gasteiger partial charge in [0.15, 0.2) is 11.4 Å². The number of aliphatic hydroxyl groups excluding tert-OH is 1. The molecule has 0 spiro atoms. The van der Waals surface area contributed by atoms with Crippen LogP contribution in [0.25, 0.3) is 0 Å². The van der Waals surface area contributed by atoms with Gasteiger partial charge in [0.2, 0.25) is 10.0 Å². The maximum absolute atomic E-state index is 13.5. The molecule has 2 rings (SSSR count). The van der Waals surface area contributed by atoms with Crippen LogP contribution >= 0.6 is 0 Å². The van der Waals surface area contributed by atoms with E-state index in [2.05, 4.69) is 11.9 Å². The highest BCUT2D eigenvalue weighted by Gasteiger charge is 2.28. The molecule has 1 atom stereocenters. The van der Waals surface area contributed by atoms with E-state index < -0.39 is 32.7 Å². The van der Waals surface area contributed by atoms with Crippen LogP contribution in [-0.4, -0.2) is 36.7 Å². The molecule has 11 heteroatoms. The summed E-state index contributed by atoms with van der Waals surface area (Å²) < 4.78 is 43.9. The number of nitriles is 1. The number of anilines is 1. The highest BCUT2D eigenvalue weighted by molar-refractivity contribution is 7.89. The number of hydrogen-bond acceptors (Lipinski definition) is 6. The van der Waals surface area contributed by atoms with E-state index in [0.717, 1.165) is 18.3 Å². The lowest BCUT2D eigenvalue weighted by Gasteiger charge is -2.12. The molecule has 0 saturated heterocycles. The molecule has 4 N–H and O–H groups in total. The Bertz CT molecular complexity index is 1090. The largest absolute Gasteiger partial charge is 0.490 e. The number of aliphatic hydroxyl groups is 1. The zero-order valence-electron chi connectivity index (χ0n) is 15.4. The molecule has 0 aliphatic carbocycles. The number of ether oxygens (including phenoxy) is 1. The van der Waals surface area contributed by atoms with E-state index in [-0.39, 0.29) is 35.7 Å². The standard InChI is InChI=1S/C18H19FN4O5S/c1-3-13(24)6-7-28-17-15(29(21,26)27)10-23(2)16(17)18(25)22-12-4-5-14(19)11(8-12)9-20/h3-5,8,10,13,24H,1,6-7H2,2H3,(H,22,25)(H2,21,26,27). The predicted molar refractivity (Wildman–Crippen MR) is 102 cm³/mol. The summed E-state index contributed by atoms with van der Waals surface area (Å²) in [6, 6.07) is 5.06. The SMILES string of the molecule is C=CC(O)CCOc1c(S(N)(=O)=O)cn(C)c1C(=O)Nc1ccc(F)c(C#N)c1. The van der Waals surface area contributed by atoms with Crippen molar-refractivity contribution in [1.29, 1.82) is 5.26 Å². The molecular formula is C18H19FN4O5S. The first kappa shape index (κ1) is 22.1. The molecule has 1 amide bonds. The van der Waals surface area contributed by atoms with Gasteiger partial charge in [-0.25, -0.2) is 17.9 Å². The third kappa shape index (κ3) is 5.20. The van der Waals surface area contributed by atoms with E-state index in [9.17, 15) is 22.7 Å². The highest BCUT2D eigenvalue weighted by atomic mass is 32.2. The second-order valence-electron chi connectivity index (χ2n) is 6.03. The number of halogens is 1. The van der Waals surface area contributed by atoms with Crippen molar-refractivity contribution in [3.8, 4) is 11.8 Å². The minimum absolute atomic E-state index is 0.104. The van der Waals surface area contributed by atoms with Crippen LogP contribution in [0.5, 0.6) is 5.75 Å². The Morgan fingerprint density at radius 1 is 1.55 bits per heavy atom. The summed E-state index contributed by atoms with van der Waals surface area (Å²) >= 11 is 0. The minimum Gasteiger partial charge on any atom is -0.490 e. The Kier molecular flexibility index (Phi) is 6.76. The summed E-state index contributed by atoms with van der Waals surface area (Å²) in [6.45, 7) is 3.30. The third-order valence-corrected chi connectivity index (χ3v) is 4.80. The molecule has 1 aromatic carbocycles. The minimum atomic E-state index is -4.22. The van der Waals surface area contributed by atoms with Crippen molar-refractivity contribution in [2.24, 2.45) is 12.2 Å². The Morgan fingerprint density at radius 2 is 2.24 bits per heavy atom. The zero-order valence-corrected chi connectivity index (χ0v) is 16.2. The summed E-state index contributed by atoms with van der Waals surface area (Å²) in [5.41, 5.74) is -0.306. The topological polar surface area (TPSA) is 147 Å². The Balaban J connectivity index is 2.40. The fourth-order valence-corrected chi connectivity index (χ4v) is 3.18. The highest BCUT2D eigenvalue weighted by Crippen LogP contribution is 2.30. The number of nitrogens with zero attached hydrogens (tertiary/aromatic N) is 2. The molecule has 9 nitrogen and oxygen atoms in total.